The van der Waals surface area contributed by atoms with E-state index in [0.717, 1.165) is 19.4 Å². The van der Waals surface area contributed by atoms with Crippen molar-refractivity contribution in [3.05, 3.63) is 0 Å². The summed E-state index contributed by atoms with van der Waals surface area (Å²) < 4.78 is 36.5. The summed E-state index contributed by atoms with van der Waals surface area (Å²) in [6.45, 7) is 3.27. The molecule has 0 amide bonds. The molecule has 2 aliphatic heterocycles. The molecule has 1 N–H and O–H groups in total. The van der Waals surface area contributed by atoms with Gasteiger partial charge in [-0.05, 0) is 12.8 Å². The molecule has 0 saturated carbocycles. The minimum absolute atomic E-state index is 0.0528. The first-order valence-electron chi connectivity index (χ1n) is 6.46. The van der Waals surface area contributed by atoms with Gasteiger partial charge in [-0.25, -0.2) is 12.7 Å². The first-order chi connectivity index (χ1) is 8.58. The van der Waals surface area contributed by atoms with Crippen LogP contribution in [0.1, 0.15) is 12.8 Å². The highest BCUT2D eigenvalue weighted by molar-refractivity contribution is 7.89. The average Bonchev–Trinajstić information content (AvgIpc) is 2.82. The van der Waals surface area contributed by atoms with Crippen LogP contribution in [0.2, 0.25) is 0 Å². The molecule has 2 heterocycles. The van der Waals surface area contributed by atoms with Crippen molar-refractivity contribution < 1.29 is 17.9 Å². The van der Waals surface area contributed by atoms with Gasteiger partial charge in [-0.2, -0.15) is 0 Å². The van der Waals surface area contributed by atoms with Gasteiger partial charge < -0.3 is 14.8 Å². The average molecular weight is 278 g/mol. The molecule has 2 saturated heterocycles. The fraction of sp³-hybridized carbons (Fsp3) is 1.00. The van der Waals surface area contributed by atoms with Crippen LogP contribution >= 0.6 is 0 Å². The molecule has 0 aromatic carbocycles. The molecule has 6 nitrogen and oxygen atoms in total. The third kappa shape index (κ3) is 3.89. The van der Waals surface area contributed by atoms with E-state index in [2.05, 4.69) is 5.32 Å². The summed E-state index contributed by atoms with van der Waals surface area (Å²) in [6.07, 6.45) is 1.61. The van der Waals surface area contributed by atoms with Gasteiger partial charge in [0.2, 0.25) is 10.0 Å². The van der Waals surface area contributed by atoms with Gasteiger partial charge in [-0.15, -0.1) is 0 Å². The van der Waals surface area contributed by atoms with Crippen LogP contribution in [0.4, 0.5) is 0 Å². The van der Waals surface area contributed by atoms with E-state index in [1.54, 1.807) is 7.05 Å². The number of hydrogen-bond donors (Lipinski definition) is 1. The lowest BCUT2D eigenvalue weighted by Crippen LogP contribution is -2.46. The second-order valence-electron chi connectivity index (χ2n) is 4.89. The van der Waals surface area contributed by atoms with Gasteiger partial charge in [0.15, 0.2) is 0 Å². The number of ether oxygens (including phenoxy) is 2. The number of morpholine rings is 1. The van der Waals surface area contributed by atoms with Gasteiger partial charge in [0.05, 0.1) is 24.6 Å². The van der Waals surface area contributed by atoms with E-state index in [4.69, 9.17) is 9.47 Å². The summed E-state index contributed by atoms with van der Waals surface area (Å²) in [5, 5.41) is 3.19. The van der Waals surface area contributed by atoms with Gasteiger partial charge >= 0.3 is 0 Å². The standard InChI is InChI=1S/C11H22N2O4S/c1-13(8-11-7-12-4-6-17-11)18(14,15)9-10-3-2-5-16-10/h10-12H,2-9H2,1H3. The Labute approximate surface area is 109 Å². The molecule has 0 spiro atoms. The lowest BCUT2D eigenvalue weighted by Gasteiger charge is -2.28. The molecule has 2 fully saturated rings. The Morgan fingerprint density at radius 3 is 2.67 bits per heavy atom. The van der Waals surface area contributed by atoms with Gasteiger partial charge in [-0.1, -0.05) is 0 Å². The number of nitrogens with one attached hydrogen (secondary N) is 1. The Bertz CT molecular complexity index is 348. The third-order valence-electron chi connectivity index (χ3n) is 3.36. The molecule has 2 rings (SSSR count). The first-order valence-corrected chi connectivity index (χ1v) is 8.07. The fourth-order valence-corrected chi connectivity index (χ4v) is 3.66. The van der Waals surface area contributed by atoms with Crippen LogP contribution in [-0.4, -0.2) is 70.6 Å². The lowest BCUT2D eigenvalue weighted by atomic mass is 10.3. The number of sulfonamides is 1. The maximum Gasteiger partial charge on any atom is 0.216 e. The topological polar surface area (TPSA) is 67.9 Å². The highest BCUT2D eigenvalue weighted by Crippen LogP contribution is 2.15. The zero-order valence-corrected chi connectivity index (χ0v) is 11.6. The van der Waals surface area contributed by atoms with E-state index in [0.29, 0.717) is 26.3 Å². The van der Waals surface area contributed by atoms with E-state index in [9.17, 15) is 8.42 Å². The predicted octanol–water partition coefficient (Wildman–Crippen LogP) is -0.585. The SMILES string of the molecule is CN(CC1CNCCO1)S(=O)(=O)CC1CCCO1. The first kappa shape index (κ1) is 14.2. The lowest BCUT2D eigenvalue weighted by molar-refractivity contribution is 0.0204. The van der Waals surface area contributed by atoms with Crippen LogP contribution in [0.25, 0.3) is 0 Å². The molecular weight excluding hydrogens is 256 g/mol. The Balaban J connectivity index is 1.83. The van der Waals surface area contributed by atoms with E-state index in [1.807, 2.05) is 0 Å². The Morgan fingerprint density at radius 1 is 1.28 bits per heavy atom. The molecule has 7 heteroatoms. The van der Waals surface area contributed by atoms with Crippen LogP contribution in [0.5, 0.6) is 0 Å². The minimum atomic E-state index is -3.24. The molecule has 0 aromatic rings. The number of nitrogens with zero attached hydrogens (tertiary/aromatic N) is 1. The Hall–Kier alpha value is -0.210. The van der Waals surface area contributed by atoms with Crippen molar-refractivity contribution in [2.45, 2.75) is 25.0 Å². The molecule has 0 aliphatic carbocycles. The number of hydrogen-bond acceptors (Lipinski definition) is 5. The second-order valence-corrected chi connectivity index (χ2v) is 7.01. The number of likely N-dealkylation sites (N-methyl/N-ethyl adjacent to an activating group) is 1. The molecule has 106 valence electrons. The minimum Gasteiger partial charge on any atom is -0.377 e. The van der Waals surface area contributed by atoms with Gasteiger partial charge in [-0.3, -0.25) is 0 Å². The summed E-state index contributed by atoms with van der Waals surface area (Å²) in [4.78, 5) is 0. The maximum atomic E-state index is 12.1. The van der Waals surface area contributed by atoms with Gasteiger partial charge in [0.1, 0.15) is 0 Å². The van der Waals surface area contributed by atoms with E-state index >= 15 is 0 Å². The van der Waals surface area contributed by atoms with E-state index < -0.39 is 10.0 Å². The van der Waals surface area contributed by atoms with Crippen molar-refractivity contribution in [1.82, 2.24) is 9.62 Å². The fourth-order valence-electron chi connectivity index (χ4n) is 2.28. The molecule has 0 radical (unpaired) electrons. The predicted molar refractivity (Wildman–Crippen MR) is 68.0 cm³/mol. The summed E-state index contributed by atoms with van der Waals surface area (Å²) in [5.41, 5.74) is 0. The second kappa shape index (κ2) is 6.29. The molecular formula is C11H22N2O4S. The zero-order valence-electron chi connectivity index (χ0n) is 10.8. The Morgan fingerprint density at radius 2 is 2.06 bits per heavy atom. The van der Waals surface area contributed by atoms with E-state index in [1.165, 1.54) is 4.31 Å². The van der Waals surface area contributed by atoms with Crippen molar-refractivity contribution in [3.8, 4) is 0 Å². The molecule has 0 bridgehead atoms. The summed E-state index contributed by atoms with van der Waals surface area (Å²) in [5.74, 6) is 0.0870. The smallest absolute Gasteiger partial charge is 0.216 e. The zero-order chi connectivity index (χ0) is 13.0. The quantitative estimate of drug-likeness (QED) is 0.728. The number of rotatable bonds is 5. The molecule has 2 unspecified atom stereocenters. The van der Waals surface area contributed by atoms with Gasteiger partial charge in [0, 0.05) is 33.3 Å². The normalized spacial score (nSPS) is 29.9. The van der Waals surface area contributed by atoms with Crippen molar-refractivity contribution in [3.63, 3.8) is 0 Å². The third-order valence-corrected chi connectivity index (χ3v) is 5.25. The van der Waals surface area contributed by atoms with Crippen molar-refractivity contribution in [1.29, 1.82) is 0 Å². The largest absolute Gasteiger partial charge is 0.377 e. The highest BCUT2D eigenvalue weighted by atomic mass is 32.2. The molecule has 18 heavy (non-hydrogen) atoms. The monoisotopic (exact) mass is 278 g/mol. The summed E-state index contributed by atoms with van der Waals surface area (Å²) >= 11 is 0. The molecule has 2 atom stereocenters. The van der Waals surface area contributed by atoms with Crippen molar-refractivity contribution in [2.24, 2.45) is 0 Å². The van der Waals surface area contributed by atoms with Crippen LogP contribution < -0.4 is 5.32 Å². The van der Waals surface area contributed by atoms with Crippen molar-refractivity contribution in [2.75, 3.05) is 45.6 Å². The van der Waals surface area contributed by atoms with Gasteiger partial charge in [0.25, 0.3) is 0 Å². The maximum absolute atomic E-state index is 12.1. The highest BCUT2D eigenvalue weighted by Gasteiger charge is 2.28. The van der Waals surface area contributed by atoms with Crippen LogP contribution in [-0.2, 0) is 19.5 Å². The van der Waals surface area contributed by atoms with Crippen LogP contribution in [0.15, 0.2) is 0 Å². The molecule has 2 aliphatic rings. The summed E-state index contributed by atoms with van der Waals surface area (Å²) in [6, 6.07) is 0. The van der Waals surface area contributed by atoms with Crippen molar-refractivity contribution >= 4 is 10.0 Å². The van der Waals surface area contributed by atoms with E-state index in [-0.39, 0.29) is 18.0 Å². The summed E-state index contributed by atoms with van der Waals surface area (Å²) in [7, 11) is -1.63. The van der Waals surface area contributed by atoms with Crippen LogP contribution in [0, 0.1) is 0 Å². The Kier molecular flexibility index (Phi) is 4.97. The molecule has 0 aromatic heterocycles. The van der Waals surface area contributed by atoms with Crippen LogP contribution in [0.3, 0.4) is 0 Å².